The first kappa shape index (κ1) is 21.4. The van der Waals surface area contributed by atoms with Gasteiger partial charge in [0.15, 0.2) is 5.96 Å². The molecule has 1 aromatic rings. The molecule has 0 spiro atoms. The lowest BCUT2D eigenvalue weighted by atomic mass is 9.83. The number of alkyl halides is 2. The van der Waals surface area contributed by atoms with Crippen LogP contribution < -0.4 is 15.4 Å². The quantitative estimate of drug-likeness (QED) is 0.475. The summed E-state index contributed by atoms with van der Waals surface area (Å²) in [4.78, 5) is 4.60. The monoisotopic (exact) mass is 383 g/mol. The molecule has 152 valence electrons. The molecule has 0 heterocycles. The van der Waals surface area contributed by atoms with Gasteiger partial charge in [-0.05, 0) is 49.3 Å². The maximum atomic E-state index is 12.4. The Labute approximate surface area is 160 Å². The molecular formula is C20H31F2N3O2. The third-order valence-electron chi connectivity index (χ3n) is 5.02. The molecule has 27 heavy (non-hydrogen) atoms. The van der Waals surface area contributed by atoms with Gasteiger partial charge in [0.2, 0.25) is 0 Å². The van der Waals surface area contributed by atoms with Crippen LogP contribution in [0.4, 0.5) is 8.78 Å². The molecule has 0 aliphatic heterocycles. The molecule has 7 heteroatoms. The molecule has 0 atom stereocenters. The lowest BCUT2D eigenvalue weighted by Gasteiger charge is -2.30. The third kappa shape index (κ3) is 7.33. The Bertz CT molecular complexity index is 590. The zero-order valence-corrected chi connectivity index (χ0v) is 16.3. The van der Waals surface area contributed by atoms with Crippen molar-refractivity contribution in [3.8, 4) is 5.75 Å². The van der Waals surface area contributed by atoms with Crippen LogP contribution in [0, 0.1) is 5.41 Å². The number of hydrogen-bond acceptors (Lipinski definition) is 3. The molecule has 0 saturated heterocycles. The van der Waals surface area contributed by atoms with Crippen molar-refractivity contribution < 1.29 is 18.3 Å². The van der Waals surface area contributed by atoms with Gasteiger partial charge in [-0.3, -0.25) is 0 Å². The number of aliphatic imine (C=N–C) groups is 1. The molecule has 1 aliphatic rings. The third-order valence-corrected chi connectivity index (χ3v) is 5.02. The summed E-state index contributed by atoms with van der Waals surface area (Å²) < 4.78 is 34.5. The summed E-state index contributed by atoms with van der Waals surface area (Å²) in [7, 11) is 1.74. The number of guanidine groups is 1. The van der Waals surface area contributed by atoms with Crippen LogP contribution in [0.1, 0.15) is 44.6 Å². The van der Waals surface area contributed by atoms with Gasteiger partial charge in [-0.25, -0.2) is 4.99 Å². The van der Waals surface area contributed by atoms with Crippen LogP contribution in [0.2, 0.25) is 0 Å². The highest BCUT2D eigenvalue weighted by Crippen LogP contribution is 2.40. The normalized spacial score (nSPS) is 16.6. The van der Waals surface area contributed by atoms with E-state index in [1.54, 1.807) is 19.2 Å². The van der Waals surface area contributed by atoms with E-state index in [2.05, 4.69) is 20.4 Å². The number of rotatable bonds is 10. The number of methoxy groups -OCH3 is 1. The number of halogens is 2. The number of benzene rings is 1. The van der Waals surface area contributed by atoms with Crippen LogP contribution >= 0.6 is 0 Å². The summed E-state index contributed by atoms with van der Waals surface area (Å²) in [5, 5.41) is 6.71. The Morgan fingerprint density at radius 1 is 1.26 bits per heavy atom. The van der Waals surface area contributed by atoms with Crippen LogP contribution in [0.3, 0.4) is 0 Å². The van der Waals surface area contributed by atoms with Crippen molar-refractivity contribution in [2.75, 3.05) is 26.8 Å². The van der Waals surface area contributed by atoms with E-state index in [-0.39, 0.29) is 11.2 Å². The first-order chi connectivity index (χ1) is 13.1. The number of ether oxygens (including phenoxy) is 2. The number of hydrogen-bond donors (Lipinski definition) is 2. The van der Waals surface area contributed by atoms with Crippen molar-refractivity contribution in [2.45, 2.75) is 52.2 Å². The molecule has 0 amide bonds. The van der Waals surface area contributed by atoms with E-state index in [4.69, 9.17) is 4.74 Å². The molecule has 1 aliphatic carbocycles. The number of nitrogens with one attached hydrogen (secondary N) is 2. The van der Waals surface area contributed by atoms with E-state index < -0.39 is 6.61 Å². The van der Waals surface area contributed by atoms with Gasteiger partial charge in [0.05, 0.1) is 6.54 Å². The Morgan fingerprint density at radius 2 is 2.04 bits per heavy atom. The van der Waals surface area contributed by atoms with Crippen molar-refractivity contribution in [1.29, 1.82) is 0 Å². The average molecular weight is 383 g/mol. The SMILES string of the molecule is CCNC(=NCc1cccc(OC(F)F)c1)NCC1(CCOC)CCCC1. The highest BCUT2D eigenvalue weighted by molar-refractivity contribution is 5.79. The van der Waals surface area contributed by atoms with Gasteiger partial charge < -0.3 is 20.1 Å². The topological polar surface area (TPSA) is 54.9 Å². The van der Waals surface area contributed by atoms with Crippen LogP contribution in [-0.2, 0) is 11.3 Å². The molecule has 5 nitrogen and oxygen atoms in total. The second-order valence-electron chi connectivity index (χ2n) is 7.02. The molecule has 1 aromatic carbocycles. The van der Waals surface area contributed by atoms with E-state index in [0.29, 0.717) is 6.54 Å². The zero-order valence-electron chi connectivity index (χ0n) is 16.3. The molecule has 2 rings (SSSR count). The van der Waals surface area contributed by atoms with Crippen LogP contribution in [0.5, 0.6) is 5.75 Å². The van der Waals surface area contributed by atoms with Crippen molar-refractivity contribution in [3.63, 3.8) is 0 Å². The fraction of sp³-hybridized carbons (Fsp3) is 0.650. The summed E-state index contributed by atoms with van der Waals surface area (Å²) in [6.07, 6.45) is 5.97. The molecule has 0 bridgehead atoms. The molecule has 0 aromatic heterocycles. The minimum Gasteiger partial charge on any atom is -0.435 e. The Kier molecular flexibility index (Phi) is 8.78. The summed E-state index contributed by atoms with van der Waals surface area (Å²) >= 11 is 0. The van der Waals surface area contributed by atoms with E-state index in [0.717, 1.165) is 37.6 Å². The fourth-order valence-corrected chi connectivity index (χ4v) is 3.56. The highest BCUT2D eigenvalue weighted by Gasteiger charge is 2.33. The van der Waals surface area contributed by atoms with E-state index >= 15 is 0 Å². The van der Waals surface area contributed by atoms with E-state index in [1.807, 2.05) is 13.0 Å². The number of nitrogens with zero attached hydrogens (tertiary/aromatic N) is 1. The minimum absolute atomic E-state index is 0.153. The summed E-state index contributed by atoms with van der Waals surface area (Å²) in [5.74, 6) is 0.890. The van der Waals surface area contributed by atoms with Crippen LogP contribution in [0.25, 0.3) is 0 Å². The van der Waals surface area contributed by atoms with Crippen LogP contribution in [0.15, 0.2) is 29.3 Å². The average Bonchev–Trinajstić information content (AvgIpc) is 3.11. The van der Waals surface area contributed by atoms with Crippen LogP contribution in [-0.4, -0.2) is 39.4 Å². The standard InChI is InChI=1S/C20H31F2N3O2/c1-3-23-19(25-15-20(11-12-26-2)9-4-5-10-20)24-14-16-7-6-8-17(13-16)27-18(21)22/h6-8,13,18H,3-5,9-12,14-15H2,1-2H3,(H2,23,24,25). The lowest BCUT2D eigenvalue weighted by Crippen LogP contribution is -2.43. The predicted octanol–water partition coefficient (Wildman–Crippen LogP) is 3.94. The zero-order chi connectivity index (χ0) is 19.5. The molecule has 0 radical (unpaired) electrons. The maximum absolute atomic E-state index is 12.4. The molecular weight excluding hydrogens is 352 g/mol. The van der Waals surface area contributed by atoms with Gasteiger partial charge in [-0.15, -0.1) is 0 Å². The summed E-state index contributed by atoms with van der Waals surface area (Å²) in [5.41, 5.74) is 1.08. The smallest absolute Gasteiger partial charge is 0.387 e. The van der Waals surface area contributed by atoms with E-state index in [1.165, 1.54) is 31.7 Å². The molecule has 1 fully saturated rings. The second-order valence-corrected chi connectivity index (χ2v) is 7.02. The van der Waals surface area contributed by atoms with Gasteiger partial charge in [0.25, 0.3) is 0 Å². The van der Waals surface area contributed by atoms with Gasteiger partial charge in [0.1, 0.15) is 5.75 Å². The maximum Gasteiger partial charge on any atom is 0.387 e. The first-order valence-electron chi connectivity index (χ1n) is 9.62. The van der Waals surface area contributed by atoms with Gasteiger partial charge in [-0.1, -0.05) is 25.0 Å². The van der Waals surface area contributed by atoms with Crippen molar-refractivity contribution >= 4 is 5.96 Å². The van der Waals surface area contributed by atoms with Gasteiger partial charge in [-0.2, -0.15) is 8.78 Å². The first-order valence-corrected chi connectivity index (χ1v) is 9.62. The van der Waals surface area contributed by atoms with Gasteiger partial charge in [0, 0.05) is 26.8 Å². The van der Waals surface area contributed by atoms with Crippen molar-refractivity contribution in [2.24, 2.45) is 10.4 Å². The summed E-state index contributed by atoms with van der Waals surface area (Å²) in [6, 6.07) is 6.66. The molecule has 0 unspecified atom stereocenters. The predicted molar refractivity (Wildman–Crippen MR) is 103 cm³/mol. The lowest BCUT2D eigenvalue weighted by molar-refractivity contribution is -0.0498. The Morgan fingerprint density at radius 3 is 2.70 bits per heavy atom. The largest absolute Gasteiger partial charge is 0.435 e. The van der Waals surface area contributed by atoms with Gasteiger partial charge >= 0.3 is 6.61 Å². The Balaban J connectivity index is 1.97. The summed E-state index contributed by atoms with van der Waals surface area (Å²) in [6.45, 7) is 1.97. The highest BCUT2D eigenvalue weighted by atomic mass is 19.3. The fourth-order valence-electron chi connectivity index (χ4n) is 3.56. The minimum atomic E-state index is -2.82. The Hall–Kier alpha value is -1.89. The van der Waals surface area contributed by atoms with E-state index in [9.17, 15) is 8.78 Å². The van der Waals surface area contributed by atoms with Crippen molar-refractivity contribution in [1.82, 2.24) is 10.6 Å². The molecule has 2 N–H and O–H groups in total. The molecule has 1 saturated carbocycles. The second kappa shape index (κ2) is 11.1. The van der Waals surface area contributed by atoms with Crippen molar-refractivity contribution in [3.05, 3.63) is 29.8 Å².